The minimum Gasteiger partial charge on any atom is -0.467 e. The summed E-state index contributed by atoms with van der Waals surface area (Å²) < 4.78 is 10.1. The van der Waals surface area contributed by atoms with E-state index in [1.54, 1.807) is 12.1 Å². The Kier molecular flexibility index (Phi) is 5.93. The van der Waals surface area contributed by atoms with Gasteiger partial charge in [0.05, 0.1) is 23.5 Å². The Morgan fingerprint density at radius 3 is 2.71 bits per heavy atom. The van der Waals surface area contributed by atoms with Gasteiger partial charge in [-0.15, -0.1) is 0 Å². The maximum Gasteiger partial charge on any atom is 0.359 e. The molecular formula is C14H12Cl3N3O4. The van der Waals surface area contributed by atoms with Gasteiger partial charge in [0.1, 0.15) is 10.8 Å². The zero-order chi connectivity index (χ0) is 17.9. The molecule has 0 saturated carbocycles. The molecule has 1 amide bonds. The maximum absolute atomic E-state index is 12.1. The number of aromatic nitrogens is 1. The molecule has 3 N–H and O–H groups in total. The van der Waals surface area contributed by atoms with Gasteiger partial charge in [-0.05, 0) is 19.1 Å². The third-order valence-electron chi connectivity index (χ3n) is 2.94. The second-order valence-electron chi connectivity index (χ2n) is 4.64. The van der Waals surface area contributed by atoms with Crippen LogP contribution in [0.5, 0.6) is 0 Å². The number of rotatable bonds is 5. The van der Waals surface area contributed by atoms with Crippen molar-refractivity contribution in [2.75, 3.05) is 5.73 Å². The highest BCUT2D eigenvalue weighted by Gasteiger charge is 2.25. The molecule has 0 aliphatic heterocycles. The van der Waals surface area contributed by atoms with E-state index in [1.165, 1.54) is 13.2 Å². The molecule has 2 heterocycles. The van der Waals surface area contributed by atoms with Gasteiger partial charge in [-0.25, -0.2) is 9.78 Å². The topological polar surface area (TPSA) is 107 Å². The Labute approximate surface area is 152 Å². The highest BCUT2D eigenvalue weighted by molar-refractivity contribution is 6.46. The number of nitrogen functional groups attached to an aromatic ring is 1. The first kappa shape index (κ1) is 18.4. The van der Waals surface area contributed by atoms with Crippen molar-refractivity contribution in [3.8, 4) is 0 Å². The van der Waals surface area contributed by atoms with Crippen molar-refractivity contribution >= 4 is 52.4 Å². The van der Waals surface area contributed by atoms with E-state index in [0.29, 0.717) is 5.76 Å². The van der Waals surface area contributed by atoms with Crippen LogP contribution in [0.3, 0.4) is 0 Å². The van der Waals surface area contributed by atoms with Crippen molar-refractivity contribution in [3.05, 3.63) is 45.0 Å². The first-order valence-electron chi connectivity index (χ1n) is 6.62. The van der Waals surface area contributed by atoms with Crippen LogP contribution in [0.25, 0.3) is 0 Å². The fraction of sp³-hybridized carbons (Fsp3) is 0.214. The molecule has 1 unspecified atom stereocenters. The molecule has 0 aromatic carbocycles. The average Bonchev–Trinajstić information content (AvgIpc) is 3.07. The summed E-state index contributed by atoms with van der Waals surface area (Å²) in [5.74, 6) is -0.918. The largest absolute Gasteiger partial charge is 0.467 e. The van der Waals surface area contributed by atoms with Crippen LogP contribution in [-0.2, 0) is 16.1 Å². The summed E-state index contributed by atoms with van der Waals surface area (Å²) in [5.41, 5.74) is 5.21. The van der Waals surface area contributed by atoms with Crippen LogP contribution in [0.2, 0.25) is 15.2 Å². The lowest BCUT2D eigenvalue weighted by atomic mass is 10.3. The molecular weight excluding hydrogens is 381 g/mol. The van der Waals surface area contributed by atoms with Crippen molar-refractivity contribution in [3.63, 3.8) is 0 Å². The SMILES string of the molecule is CC(OC(=O)c1nc(Cl)c(Cl)c(N)c1Cl)C(=O)NCc1ccco1. The van der Waals surface area contributed by atoms with Crippen LogP contribution < -0.4 is 11.1 Å². The second-order valence-corrected chi connectivity index (χ2v) is 5.75. The number of nitrogens with two attached hydrogens (primary N) is 1. The fourth-order valence-electron chi connectivity index (χ4n) is 1.67. The Balaban J connectivity index is 2.02. The highest BCUT2D eigenvalue weighted by Crippen LogP contribution is 2.34. The third kappa shape index (κ3) is 4.11. The van der Waals surface area contributed by atoms with Gasteiger partial charge in [-0.1, -0.05) is 34.8 Å². The van der Waals surface area contributed by atoms with Crippen LogP contribution in [0.1, 0.15) is 23.2 Å². The number of hydrogen-bond acceptors (Lipinski definition) is 6. The summed E-state index contributed by atoms with van der Waals surface area (Å²) in [6.07, 6.45) is 0.383. The lowest BCUT2D eigenvalue weighted by Crippen LogP contribution is -2.35. The highest BCUT2D eigenvalue weighted by atomic mass is 35.5. The first-order chi connectivity index (χ1) is 11.3. The van der Waals surface area contributed by atoms with Gasteiger partial charge < -0.3 is 20.2 Å². The summed E-state index contributed by atoms with van der Waals surface area (Å²) in [6, 6.07) is 3.38. The van der Waals surface area contributed by atoms with Crippen molar-refractivity contribution in [1.82, 2.24) is 10.3 Å². The van der Waals surface area contributed by atoms with Crippen molar-refractivity contribution in [2.45, 2.75) is 19.6 Å². The predicted molar refractivity (Wildman–Crippen MR) is 89.1 cm³/mol. The number of amides is 1. The lowest BCUT2D eigenvalue weighted by Gasteiger charge is -2.14. The lowest BCUT2D eigenvalue weighted by molar-refractivity contribution is -0.129. The minimum atomic E-state index is -1.10. The number of carbonyl (C=O) groups excluding carboxylic acids is 2. The average molecular weight is 393 g/mol. The predicted octanol–water partition coefficient (Wildman–Crippen LogP) is 3.08. The third-order valence-corrected chi connectivity index (χ3v) is 4.07. The molecule has 0 saturated heterocycles. The molecule has 7 nitrogen and oxygen atoms in total. The van der Waals surface area contributed by atoms with Crippen LogP contribution in [0.4, 0.5) is 5.69 Å². The summed E-state index contributed by atoms with van der Waals surface area (Å²) in [4.78, 5) is 27.8. The monoisotopic (exact) mass is 391 g/mol. The van der Waals surface area contributed by atoms with Crippen LogP contribution >= 0.6 is 34.8 Å². The smallest absolute Gasteiger partial charge is 0.359 e. The fourth-order valence-corrected chi connectivity index (χ4v) is 2.25. The number of nitrogens with zero attached hydrogens (tertiary/aromatic N) is 1. The number of furan rings is 1. The van der Waals surface area contributed by atoms with Gasteiger partial charge >= 0.3 is 5.97 Å². The number of halogens is 3. The number of nitrogens with one attached hydrogen (secondary N) is 1. The van der Waals surface area contributed by atoms with Crippen LogP contribution in [0, 0.1) is 0 Å². The standard InChI is InChI=1S/C14H12Cl3N3O4/c1-6(13(21)19-5-7-3-2-4-23-7)24-14(22)11-8(15)10(18)9(16)12(17)20-11/h2-4,6H,5H2,1H3,(H2,18,20)(H,19,21). The number of esters is 1. The Morgan fingerprint density at radius 2 is 2.08 bits per heavy atom. The molecule has 0 spiro atoms. The quantitative estimate of drug-likeness (QED) is 0.598. The normalized spacial score (nSPS) is 11.8. The molecule has 0 aliphatic rings. The number of ether oxygens (including phenoxy) is 1. The van der Waals surface area contributed by atoms with E-state index in [1.807, 2.05) is 0 Å². The van der Waals surface area contributed by atoms with Gasteiger partial charge in [0.15, 0.2) is 17.0 Å². The number of carbonyl (C=O) groups is 2. The number of anilines is 1. The number of hydrogen-bond donors (Lipinski definition) is 2. The van der Waals surface area contributed by atoms with Crippen molar-refractivity contribution < 1.29 is 18.7 Å². The molecule has 0 radical (unpaired) electrons. The Bertz CT molecular complexity index is 765. The number of pyridine rings is 1. The minimum absolute atomic E-state index is 0.0672. The molecule has 128 valence electrons. The zero-order valence-corrected chi connectivity index (χ0v) is 14.6. The Hall–Kier alpha value is -1.96. The molecule has 10 heteroatoms. The van der Waals surface area contributed by atoms with E-state index in [-0.39, 0.29) is 33.1 Å². The van der Waals surface area contributed by atoms with Gasteiger partial charge in [-0.3, -0.25) is 4.79 Å². The molecule has 1 atom stereocenters. The molecule has 0 aliphatic carbocycles. The van der Waals surface area contributed by atoms with E-state index in [0.717, 1.165) is 0 Å². The first-order valence-corrected chi connectivity index (χ1v) is 7.75. The molecule has 24 heavy (non-hydrogen) atoms. The molecule has 0 fully saturated rings. The zero-order valence-electron chi connectivity index (χ0n) is 12.3. The van der Waals surface area contributed by atoms with Crippen LogP contribution in [0.15, 0.2) is 22.8 Å². The van der Waals surface area contributed by atoms with Gasteiger partial charge in [0.2, 0.25) is 0 Å². The van der Waals surface area contributed by atoms with Crippen molar-refractivity contribution in [1.29, 1.82) is 0 Å². The van der Waals surface area contributed by atoms with E-state index < -0.39 is 18.0 Å². The maximum atomic E-state index is 12.1. The van der Waals surface area contributed by atoms with E-state index in [4.69, 9.17) is 49.7 Å². The molecule has 2 aromatic rings. The van der Waals surface area contributed by atoms with Crippen LogP contribution in [-0.4, -0.2) is 23.0 Å². The Morgan fingerprint density at radius 1 is 1.38 bits per heavy atom. The molecule has 0 bridgehead atoms. The molecule has 2 aromatic heterocycles. The summed E-state index contributed by atoms with van der Waals surface area (Å²) in [7, 11) is 0. The van der Waals surface area contributed by atoms with E-state index in [9.17, 15) is 9.59 Å². The van der Waals surface area contributed by atoms with Gasteiger partial charge in [0, 0.05) is 0 Å². The summed E-state index contributed by atoms with van der Waals surface area (Å²) >= 11 is 17.5. The molecule has 2 rings (SSSR count). The van der Waals surface area contributed by atoms with E-state index in [2.05, 4.69) is 10.3 Å². The summed E-state index contributed by atoms with van der Waals surface area (Å²) in [5, 5.41) is 2.10. The summed E-state index contributed by atoms with van der Waals surface area (Å²) in [6.45, 7) is 1.55. The van der Waals surface area contributed by atoms with Gasteiger partial charge in [-0.2, -0.15) is 0 Å². The van der Waals surface area contributed by atoms with Gasteiger partial charge in [0.25, 0.3) is 5.91 Å². The van der Waals surface area contributed by atoms with Crippen molar-refractivity contribution in [2.24, 2.45) is 0 Å². The van der Waals surface area contributed by atoms with E-state index >= 15 is 0 Å². The second kappa shape index (κ2) is 7.74.